The molecule has 1 aliphatic rings. The number of carbonyl (C=O) groups is 1. The van der Waals surface area contributed by atoms with Crippen LogP contribution in [0.2, 0.25) is 0 Å². The van der Waals surface area contributed by atoms with E-state index < -0.39 is 11.5 Å². The highest BCUT2D eigenvalue weighted by molar-refractivity contribution is 5.98. The maximum Gasteiger partial charge on any atom is 0.252 e. The number of amides is 1. The lowest BCUT2D eigenvalue weighted by Gasteiger charge is -2.32. The summed E-state index contributed by atoms with van der Waals surface area (Å²) < 4.78 is 0. The lowest BCUT2D eigenvalue weighted by atomic mass is 9.85. The van der Waals surface area contributed by atoms with Crippen molar-refractivity contribution < 1.29 is 9.90 Å². The van der Waals surface area contributed by atoms with Crippen LogP contribution in [-0.2, 0) is 0 Å². The van der Waals surface area contributed by atoms with Crippen molar-refractivity contribution in [3.63, 3.8) is 0 Å². The summed E-state index contributed by atoms with van der Waals surface area (Å²) in [6, 6.07) is 1.70. The maximum atomic E-state index is 11.2. The number of nitrogens with two attached hydrogens (primary N) is 1. The fraction of sp³-hybridized carbons (Fsp3) is 0.538. The molecule has 18 heavy (non-hydrogen) atoms. The van der Waals surface area contributed by atoms with E-state index in [1.165, 1.54) is 12.6 Å². The van der Waals surface area contributed by atoms with Gasteiger partial charge in [0.2, 0.25) is 0 Å². The van der Waals surface area contributed by atoms with Crippen molar-refractivity contribution >= 4 is 11.6 Å². The van der Waals surface area contributed by atoms with Crippen LogP contribution in [0, 0.1) is 0 Å². The van der Waals surface area contributed by atoms with Crippen LogP contribution < -0.4 is 11.1 Å². The Hall–Kier alpha value is -1.62. The van der Waals surface area contributed by atoms with E-state index in [1.807, 2.05) is 0 Å². The van der Waals surface area contributed by atoms with Gasteiger partial charge in [0.1, 0.15) is 0 Å². The van der Waals surface area contributed by atoms with E-state index in [0.29, 0.717) is 17.8 Å². The van der Waals surface area contributed by atoms with Gasteiger partial charge in [-0.3, -0.25) is 9.78 Å². The molecule has 1 saturated carbocycles. The molecule has 5 nitrogen and oxygen atoms in total. The highest BCUT2D eigenvalue weighted by Crippen LogP contribution is 2.28. The van der Waals surface area contributed by atoms with Gasteiger partial charge in [0.05, 0.1) is 16.9 Å². The topological polar surface area (TPSA) is 88.2 Å². The average molecular weight is 249 g/mol. The number of hydrogen-bond acceptors (Lipinski definition) is 4. The Kier molecular flexibility index (Phi) is 3.81. The first kappa shape index (κ1) is 12.8. The van der Waals surface area contributed by atoms with Crippen molar-refractivity contribution in [3.8, 4) is 0 Å². The summed E-state index contributed by atoms with van der Waals surface area (Å²) in [7, 11) is 0. The first-order valence-corrected chi connectivity index (χ1v) is 6.31. The van der Waals surface area contributed by atoms with Crippen molar-refractivity contribution in [1.29, 1.82) is 0 Å². The Labute approximate surface area is 106 Å². The third-order valence-electron chi connectivity index (χ3n) is 3.48. The van der Waals surface area contributed by atoms with Gasteiger partial charge in [-0.25, -0.2) is 0 Å². The fourth-order valence-corrected chi connectivity index (χ4v) is 2.39. The smallest absolute Gasteiger partial charge is 0.252 e. The number of aromatic nitrogens is 1. The van der Waals surface area contributed by atoms with Gasteiger partial charge >= 0.3 is 0 Å². The molecule has 1 fully saturated rings. The molecule has 2 rings (SSSR count). The number of primary amides is 1. The van der Waals surface area contributed by atoms with E-state index in [1.54, 1.807) is 12.3 Å². The number of aliphatic hydroxyl groups is 1. The number of pyridine rings is 1. The van der Waals surface area contributed by atoms with E-state index >= 15 is 0 Å². The molecule has 0 aromatic carbocycles. The van der Waals surface area contributed by atoms with Gasteiger partial charge in [-0.15, -0.1) is 0 Å². The summed E-state index contributed by atoms with van der Waals surface area (Å²) in [5, 5.41) is 13.5. The Morgan fingerprint density at radius 3 is 2.83 bits per heavy atom. The van der Waals surface area contributed by atoms with Crippen LogP contribution in [0.5, 0.6) is 0 Å². The number of hydrogen-bond donors (Lipinski definition) is 3. The third kappa shape index (κ3) is 2.98. The lowest BCUT2D eigenvalue weighted by molar-refractivity contribution is 0.0167. The van der Waals surface area contributed by atoms with Crippen molar-refractivity contribution in [2.24, 2.45) is 5.73 Å². The number of rotatable bonds is 4. The molecule has 1 aliphatic carbocycles. The predicted octanol–water partition coefficient (Wildman–Crippen LogP) is 1.29. The Morgan fingerprint density at radius 2 is 2.17 bits per heavy atom. The third-order valence-corrected chi connectivity index (χ3v) is 3.48. The van der Waals surface area contributed by atoms with Gasteiger partial charge in [0, 0.05) is 18.9 Å². The molecular weight excluding hydrogens is 230 g/mol. The van der Waals surface area contributed by atoms with Crippen molar-refractivity contribution in [2.45, 2.75) is 37.7 Å². The van der Waals surface area contributed by atoms with Gasteiger partial charge in [0.25, 0.3) is 5.91 Å². The summed E-state index contributed by atoms with van der Waals surface area (Å²) in [6.07, 6.45) is 7.93. The summed E-state index contributed by atoms with van der Waals surface area (Å²) in [5.41, 5.74) is 5.60. The first-order chi connectivity index (χ1) is 8.61. The summed E-state index contributed by atoms with van der Waals surface area (Å²) in [5.74, 6) is -0.513. The van der Waals surface area contributed by atoms with Crippen LogP contribution in [0.1, 0.15) is 42.5 Å². The van der Waals surface area contributed by atoms with Gasteiger partial charge in [-0.1, -0.05) is 19.3 Å². The van der Waals surface area contributed by atoms with E-state index in [-0.39, 0.29) is 0 Å². The molecule has 0 saturated heterocycles. The van der Waals surface area contributed by atoms with Gasteiger partial charge in [-0.2, -0.15) is 0 Å². The van der Waals surface area contributed by atoms with Crippen LogP contribution >= 0.6 is 0 Å². The minimum Gasteiger partial charge on any atom is -0.388 e. The highest BCUT2D eigenvalue weighted by Gasteiger charge is 2.29. The van der Waals surface area contributed by atoms with Crippen LogP contribution in [-0.4, -0.2) is 28.1 Å². The molecule has 1 amide bonds. The second-order valence-corrected chi connectivity index (χ2v) is 4.92. The predicted molar refractivity (Wildman–Crippen MR) is 69.3 cm³/mol. The van der Waals surface area contributed by atoms with E-state index in [0.717, 1.165) is 25.7 Å². The van der Waals surface area contributed by atoms with Gasteiger partial charge in [0.15, 0.2) is 0 Å². The van der Waals surface area contributed by atoms with Crippen molar-refractivity contribution in [3.05, 3.63) is 24.0 Å². The van der Waals surface area contributed by atoms with Gasteiger partial charge < -0.3 is 16.2 Å². The molecule has 0 unspecified atom stereocenters. The summed E-state index contributed by atoms with van der Waals surface area (Å²) in [4.78, 5) is 15.1. The van der Waals surface area contributed by atoms with Crippen LogP contribution in [0.15, 0.2) is 18.5 Å². The van der Waals surface area contributed by atoms with E-state index in [2.05, 4.69) is 10.3 Å². The molecule has 98 valence electrons. The van der Waals surface area contributed by atoms with E-state index in [4.69, 9.17) is 5.73 Å². The van der Waals surface area contributed by atoms with Crippen LogP contribution in [0.3, 0.4) is 0 Å². The quantitative estimate of drug-likeness (QED) is 0.750. The highest BCUT2D eigenvalue weighted by atomic mass is 16.3. The van der Waals surface area contributed by atoms with Gasteiger partial charge in [-0.05, 0) is 18.9 Å². The molecule has 0 atom stereocenters. The average Bonchev–Trinajstić information content (AvgIpc) is 2.38. The Bertz CT molecular complexity index is 428. The second-order valence-electron chi connectivity index (χ2n) is 4.92. The zero-order valence-corrected chi connectivity index (χ0v) is 10.4. The number of nitrogens with zero attached hydrogens (tertiary/aromatic N) is 1. The minimum atomic E-state index is -0.670. The first-order valence-electron chi connectivity index (χ1n) is 6.31. The molecular formula is C13H19N3O2. The standard InChI is InChI=1S/C13H19N3O2/c14-12(17)10-8-15-7-4-11(10)16-9-13(18)5-2-1-3-6-13/h4,7-8,18H,1-3,5-6,9H2,(H2,14,17)(H,15,16). The fourth-order valence-electron chi connectivity index (χ4n) is 2.39. The van der Waals surface area contributed by atoms with Crippen LogP contribution in [0.25, 0.3) is 0 Å². The SMILES string of the molecule is NC(=O)c1cnccc1NCC1(O)CCCCC1. The largest absolute Gasteiger partial charge is 0.388 e. The maximum absolute atomic E-state index is 11.2. The monoisotopic (exact) mass is 249 g/mol. The Morgan fingerprint density at radius 1 is 1.44 bits per heavy atom. The molecule has 1 aromatic rings. The molecule has 5 heteroatoms. The zero-order chi connectivity index (χ0) is 13.0. The normalized spacial score (nSPS) is 18.3. The molecule has 1 aromatic heterocycles. The molecule has 0 bridgehead atoms. The number of nitrogens with one attached hydrogen (secondary N) is 1. The number of anilines is 1. The van der Waals surface area contributed by atoms with Crippen LogP contribution in [0.4, 0.5) is 5.69 Å². The molecule has 0 aliphatic heterocycles. The second kappa shape index (κ2) is 5.35. The minimum absolute atomic E-state index is 0.358. The van der Waals surface area contributed by atoms with Crippen molar-refractivity contribution in [2.75, 3.05) is 11.9 Å². The molecule has 1 heterocycles. The molecule has 0 spiro atoms. The Balaban J connectivity index is 2.03. The lowest BCUT2D eigenvalue weighted by Crippen LogP contribution is -2.39. The molecule has 0 radical (unpaired) electrons. The molecule has 4 N–H and O–H groups in total. The summed E-state index contributed by atoms with van der Waals surface area (Å²) >= 11 is 0. The summed E-state index contributed by atoms with van der Waals surface area (Å²) in [6.45, 7) is 0.442. The van der Waals surface area contributed by atoms with Crippen molar-refractivity contribution in [1.82, 2.24) is 4.98 Å². The zero-order valence-electron chi connectivity index (χ0n) is 10.4. The van der Waals surface area contributed by atoms with E-state index in [9.17, 15) is 9.90 Å². The number of carbonyl (C=O) groups excluding carboxylic acids is 1.